The first kappa shape index (κ1) is 6.99. The maximum Gasteiger partial charge on any atom is 0.0710 e. The van der Waals surface area contributed by atoms with Crippen molar-refractivity contribution < 1.29 is 4.74 Å². The topological polar surface area (TPSA) is 47.3 Å². The second kappa shape index (κ2) is 3.15. The van der Waals surface area contributed by atoms with Gasteiger partial charge in [0.1, 0.15) is 0 Å². The molecule has 0 amide bonds. The van der Waals surface area contributed by atoms with Crippen LogP contribution in [-0.2, 0) is 4.74 Å². The molecule has 0 aromatic heterocycles. The third-order valence-electron chi connectivity index (χ3n) is 1.68. The smallest absolute Gasteiger partial charge is 0.0710 e. The highest BCUT2D eigenvalue weighted by molar-refractivity contribution is 4.78. The highest BCUT2D eigenvalue weighted by Gasteiger charge is 2.17. The van der Waals surface area contributed by atoms with Crippen molar-refractivity contribution in [2.24, 2.45) is 5.73 Å². The van der Waals surface area contributed by atoms with Crippen molar-refractivity contribution >= 4 is 0 Å². The third kappa shape index (κ3) is 1.93. The fourth-order valence-electron chi connectivity index (χ4n) is 1.11. The van der Waals surface area contributed by atoms with Crippen LogP contribution in [0, 0.1) is 0 Å². The van der Waals surface area contributed by atoms with Gasteiger partial charge in [-0.3, -0.25) is 0 Å². The first-order chi connectivity index (χ1) is 4.33. The van der Waals surface area contributed by atoms with Crippen LogP contribution in [0.1, 0.15) is 6.42 Å². The molecule has 1 rings (SSSR count). The minimum atomic E-state index is 0.281. The van der Waals surface area contributed by atoms with Crippen molar-refractivity contribution in [2.75, 3.05) is 20.2 Å². The van der Waals surface area contributed by atoms with Gasteiger partial charge in [0.05, 0.1) is 6.10 Å². The van der Waals surface area contributed by atoms with E-state index in [2.05, 4.69) is 5.32 Å². The van der Waals surface area contributed by atoms with Crippen LogP contribution in [0.4, 0.5) is 0 Å². The van der Waals surface area contributed by atoms with Gasteiger partial charge >= 0.3 is 0 Å². The molecule has 1 heterocycles. The van der Waals surface area contributed by atoms with Gasteiger partial charge in [-0.2, -0.15) is 0 Å². The molecule has 3 nitrogen and oxygen atoms in total. The molecule has 3 N–H and O–H groups in total. The Labute approximate surface area is 55.6 Å². The first-order valence-electron chi connectivity index (χ1n) is 3.32. The quantitative estimate of drug-likeness (QED) is 0.494. The monoisotopic (exact) mass is 130 g/mol. The van der Waals surface area contributed by atoms with Crippen LogP contribution in [0.5, 0.6) is 0 Å². The van der Waals surface area contributed by atoms with Crippen LogP contribution in [-0.4, -0.2) is 32.3 Å². The Kier molecular flexibility index (Phi) is 2.45. The van der Waals surface area contributed by atoms with Crippen LogP contribution in [0.25, 0.3) is 0 Å². The maximum atomic E-state index is 5.66. The largest absolute Gasteiger partial charge is 0.380 e. The molecule has 2 atom stereocenters. The number of methoxy groups -OCH3 is 1. The van der Waals surface area contributed by atoms with E-state index in [1.165, 1.54) is 0 Å². The van der Waals surface area contributed by atoms with Crippen LogP contribution in [0.15, 0.2) is 0 Å². The maximum absolute atomic E-state index is 5.66. The number of hydrogen-bond acceptors (Lipinski definition) is 3. The average molecular weight is 130 g/mol. The molecule has 0 aliphatic carbocycles. The summed E-state index contributed by atoms with van der Waals surface area (Å²) in [6.07, 6.45) is 1.32. The van der Waals surface area contributed by atoms with Crippen LogP contribution < -0.4 is 11.1 Å². The predicted molar refractivity (Wildman–Crippen MR) is 36.3 cm³/mol. The van der Waals surface area contributed by atoms with E-state index < -0.39 is 0 Å². The Hall–Kier alpha value is -0.120. The SMILES string of the molecule is CO[C@@H]1CNC[C@@H](N)C1. The molecule has 1 fully saturated rings. The molecule has 0 saturated carbocycles. The van der Waals surface area contributed by atoms with Crippen LogP contribution in [0.3, 0.4) is 0 Å². The van der Waals surface area contributed by atoms with E-state index in [0.717, 1.165) is 19.5 Å². The highest BCUT2D eigenvalue weighted by atomic mass is 16.5. The molecule has 0 bridgehead atoms. The van der Waals surface area contributed by atoms with Gasteiger partial charge in [0.2, 0.25) is 0 Å². The van der Waals surface area contributed by atoms with Gasteiger partial charge in [0.25, 0.3) is 0 Å². The summed E-state index contributed by atoms with van der Waals surface area (Å²) in [4.78, 5) is 0. The van der Waals surface area contributed by atoms with E-state index in [0.29, 0.717) is 6.10 Å². The summed E-state index contributed by atoms with van der Waals surface area (Å²) in [6.45, 7) is 1.88. The van der Waals surface area contributed by atoms with E-state index in [4.69, 9.17) is 10.5 Å². The van der Waals surface area contributed by atoms with E-state index in [-0.39, 0.29) is 6.04 Å². The lowest BCUT2D eigenvalue weighted by molar-refractivity contribution is 0.0747. The number of nitrogens with one attached hydrogen (secondary N) is 1. The van der Waals surface area contributed by atoms with Gasteiger partial charge in [0, 0.05) is 26.2 Å². The summed E-state index contributed by atoms with van der Waals surface area (Å²) in [5.41, 5.74) is 5.66. The Morgan fingerprint density at radius 2 is 2.33 bits per heavy atom. The van der Waals surface area contributed by atoms with Gasteiger partial charge in [-0.25, -0.2) is 0 Å². The standard InChI is InChI=1S/C6H14N2O/c1-9-6-2-5(7)3-8-4-6/h5-6,8H,2-4,7H2,1H3/t5-,6-/m0/s1. The van der Waals surface area contributed by atoms with Gasteiger partial charge in [-0.05, 0) is 6.42 Å². The fourth-order valence-corrected chi connectivity index (χ4v) is 1.11. The number of nitrogens with two attached hydrogens (primary N) is 1. The lowest BCUT2D eigenvalue weighted by Gasteiger charge is -2.26. The van der Waals surface area contributed by atoms with Crippen LogP contribution >= 0.6 is 0 Å². The van der Waals surface area contributed by atoms with Crippen molar-refractivity contribution in [3.63, 3.8) is 0 Å². The van der Waals surface area contributed by atoms with Crippen molar-refractivity contribution in [3.05, 3.63) is 0 Å². The molecule has 0 aromatic carbocycles. The summed E-state index contributed by atoms with van der Waals surface area (Å²) in [7, 11) is 1.73. The lowest BCUT2D eigenvalue weighted by atomic mass is 10.1. The molecule has 0 aromatic rings. The minimum Gasteiger partial charge on any atom is -0.380 e. The summed E-state index contributed by atoms with van der Waals surface area (Å²) in [6, 6.07) is 0.281. The summed E-state index contributed by atoms with van der Waals surface area (Å²) < 4.78 is 5.12. The Balaban J connectivity index is 2.23. The summed E-state index contributed by atoms with van der Waals surface area (Å²) >= 11 is 0. The fraction of sp³-hybridized carbons (Fsp3) is 1.00. The van der Waals surface area contributed by atoms with Crippen molar-refractivity contribution in [1.29, 1.82) is 0 Å². The van der Waals surface area contributed by atoms with Gasteiger partial charge in [-0.1, -0.05) is 0 Å². The third-order valence-corrected chi connectivity index (χ3v) is 1.68. The molecule has 1 aliphatic rings. The molecule has 9 heavy (non-hydrogen) atoms. The molecular formula is C6H14N2O. The summed E-state index contributed by atoms with van der Waals surface area (Å²) in [5.74, 6) is 0. The zero-order valence-corrected chi connectivity index (χ0v) is 5.76. The van der Waals surface area contributed by atoms with Crippen molar-refractivity contribution in [3.8, 4) is 0 Å². The van der Waals surface area contributed by atoms with Crippen molar-refractivity contribution in [2.45, 2.75) is 18.6 Å². The van der Waals surface area contributed by atoms with E-state index in [1.54, 1.807) is 7.11 Å². The first-order valence-corrected chi connectivity index (χ1v) is 3.32. The van der Waals surface area contributed by atoms with E-state index in [9.17, 15) is 0 Å². The molecule has 1 aliphatic heterocycles. The second-order valence-electron chi connectivity index (χ2n) is 2.51. The molecule has 0 spiro atoms. The van der Waals surface area contributed by atoms with Gasteiger partial charge < -0.3 is 15.8 Å². The number of piperidine rings is 1. The second-order valence-corrected chi connectivity index (χ2v) is 2.51. The Morgan fingerprint density at radius 1 is 1.56 bits per heavy atom. The molecule has 54 valence electrons. The van der Waals surface area contributed by atoms with Gasteiger partial charge in [0.15, 0.2) is 0 Å². The Bertz CT molecular complexity index is 87.1. The average Bonchev–Trinajstić information content (AvgIpc) is 1.88. The van der Waals surface area contributed by atoms with Gasteiger partial charge in [-0.15, -0.1) is 0 Å². The Morgan fingerprint density at radius 3 is 2.78 bits per heavy atom. The molecule has 0 radical (unpaired) electrons. The molecular weight excluding hydrogens is 116 g/mol. The normalized spacial score (nSPS) is 36.7. The van der Waals surface area contributed by atoms with Crippen LogP contribution in [0.2, 0.25) is 0 Å². The van der Waals surface area contributed by atoms with E-state index in [1.807, 2.05) is 0 Å². The number of hydrogen-bond donors (Lipinski definition) is 2. The predicted octanol–water partition coefficient (Wildman–Crippen LogP) is -0.678. The number of ether oxygens (including phenoxy) is 1. The van der Waals surface area contributed by atoms with E-state index >= 15 is 0 Å². The molecule has 1 saturated heterocycles. The number of rotatable bonds is 1. The lowest BCUT2D eigenvalue weighted by Crippen LogP contribution is -2.47. The zero-order chi connectivity index (χ0) is 6.69. The highest BCUT2D eigenvalue weighted by Crippen LogP contribution is 2.02. The minimum absolute atomic E-state index is 0.281. The molecule has 0 unspecified atom stereocenters. The van der Waals surface area contributed by atoms with Crippen molar-refractivity contribution in [1.82, 2.24) is 5.32 Å². The zero-order valence-electron chi connectivity index (χ0n) is 5.76. The molecule has 3 heteroatoms. The summed E-state index contributed by atoms with van der Waals surface area (Å²) in [5, 5.41) is 3.19.